The van der Waals surface area contributed by atoms with Crippen LogP contribution in [0.25, 0.3) is 0 Å². The highest BCUT2D eigenvalue weighted by Crippen LogP contribution is 2.69. The van der Waals surface area contributed by atoms with Crippen molar-refractivity contribution in [3.05, 3.63) is 29.8 Å². The number of benzene rings is 1. The summed E-state index contributed by atoms with van der Waals surface area (Å²) in [4.78, 5) is 40.9. The Morgan fingerprint density at radius 3 is 2.47 bits per heavy atom. The first kappa shape index (κ1) is 22.6. The Bertz CT molecular complexity index is 960. The molecule has 174 valence electrons. The first-order valence-electron chi connectivity index (χ1n) is 11.4. The van der Waals surface area contributed by atoms with E-state index in [-0.39, 0.29) is 17.8 Å². The molecule has 1 aromatic rings. The molecule has 1 saturated carbocycles. The summed E-state index contributed by atoms with van der Waals surface area (Å²) in [6, 6.07) is 7.71. The molecule has 2 aliphatic heterocycles. The molecule has 0 radical (unpaired) electrons. The van der Waals surface area contributed by atoms with E-state index in [0.717, 1.165) is 11.3 Å². The van der Waals surface area contributed by atoms with Crippen molar-refractivity contribution in [3.8, 4) is 0 Å². The van der Waals surface area contributed by atoms with Crippen LogP contribution < -0.4 is 5.32 Å². The summed E-state index contributed by atoms with van der Waals surface area (Å²) >= 11 is 0. The van der Waals surface area contributed by atoms with Crippen LogP contribution in [0, 0.1) is 11.3 Å². The van der Waals surface area contributed by atoms with Gasteiger partial charge in [-0.1, -0.05) is 18.2 Å². The minimum absolute atomic E-state index is 0.0615. The van der Waals surface area contributed by atoms with E-state index in [1.54, 1.807) is 4.90 Å². The molecular weight excluding hydrogens is 408 g/mol. The van der Waals surface area contributed by atoms with Crippen LogP contribution in [-0.4, -0.2) is 47.2 Å². The van der Waals surface area contributed by atoms with Crippen molar-refractivity contribution >= 4 is 23.7 Å². The average molecular weight is 443 g/mol. The van der Waals surface area contributed by atoms with Gasteiger partial charge in [0.15, 0.2) is 0 Å². The molecule has 2 heterocycles. The highest BCUT2D eigenvalue weighted by atomic mass is 16.6. The molecule has 7 heteroatoms. The maximum absolute atomic E-state index is 13.1. The predicted octanol–water partition coefficient (Wildman–Crippen LogP) is 4.26. The number of cyclic esters (lactones) is 1. The number of carbonyl (C=O) groups is 3. The van der Waals surface area contributed by atoms with Crippen LogP contribution in [0.1, 0.15) is 66.4 Å². The Kier molecular flexibility index (Phi) is 5.10. The number of rotatable bonds is 3. The van der Waals surface area contributed by atoms with Crippen molar-refractivity contribution in [3.63, 3.8) is 0 Å². The first-order valence-corrected chi connectivity index (χ1v) is 11.4. The molecule has 7 nitrogen and oxygen atoms in total. The number of fused-ring (bicyclic) bond motifs is 4. The van der Waals surface area contributed by atoms with E-state index in [9.17, 15) is 14.4 Å². The third-order valence-electron chi connectivity index (χ3n) is 7.29. The number of hydrogen-bond donors (Lipinski definition) is 1. The molecule has 0 bridgehead atoms. The second-order valence-corrected chi connectivity index (χ2v) is 11.3. The maximum Gasteiger partial charge on any atom is 0.410 e. The van der Waals surface area contributed by atoms with Crippen molar-refractivity contribution in [2.75, 3.05) is 18.5 Å². The fourth-order valence-electron chi connectivity index (χ4n) is 5.87. The molecule has 3 atom stereocenters. The van der Waals surface area contributed by atoms with Crippen LogP contribution in [0.15, 0.2) is 24.3 Å². The van der Waals surface area contributed by atoms with Crippen LogP contribution in [-0.2, 0) is 24.5 Å². The number of carbonyl (C=O) groups excluding carboxylic acids is 3. The van der Waals surface area contributed by atoms with Crippen LogP contribution in [0.5, 0.6) is 0 Å². The molecule has 32 heavy (non-hydrogen) atoms. The molecule has 1 spiro atoms. The lowest BCUT2D eigenvalue weighted by molar-refractivity contribution is -0.170. The number of nitrogens with one attached hydrogen (secondary N) is 1. The van der Waals surface area contributed by atoms with Crippen molar-refractivity contribution in [2.45, 2.75) is 77.4 Å². The maximum atomic E-state index is 13.1. The monoisotopic (exact) mass is 442 g/mol. The lowest BCUT2D eigenvalue weighted by atomic mass is 9.38. The van der Waals surface area contributed by atoms with Gasteiger partial charge in [0.1, 0.15) is 5.60 Å². The lowest BCUT2D eigenvalue weighted by Gasteiger charge is -2.63. The molecule has 2 amide bonds. The summed E-state index contributed by atoms with van der Waals surface area (Å²) < 4.78 is 11.1. The molecule has 2 fully saturated rings. The second-order valence-electron chi connectivity index (χ2n) is 11.3. The summed E-state index contributed by atoms with van der Waals surface area (Å²) in [5.41, 5.74) is -0.836. The molecular formula is C25H34N2O5. The van der Waals surface area contributed by atoms with Gasteiger partial charge in [0.25, 0.3) is 0 Å². The van der Waals surface area contributed by atoms with Gasteiger partial charge in [-0.15, -0.1) is 0 Å². The number of esters is 1. The summed E-state index contributed by atoms with van der Waals surface area (Å²) in [6.07, 6.45) is 1.15. The highest BCUT2D eigenvalue weighted by Gasteiger charge is 2.75. The molecule has 1 aliphatic carbocycles. The zero-order chi connectivity index (χ0) is 23.5. The standard InChI is InChI=1S/C25H34N2O5/c1-22(2,3)27(21(30)32-23(4,5)6)13-11-25-16-9-7-8-10-18(16)26-19(28)17(25)15-24(25)12-14-31-20(24)29/h7-10,17H,11-15H2,1-6H3,(H,26,28)/t17-,24+,25+/m1/s1. The van der Waals surface area contributed by atoms with E-state index < -0.39 is 28.1 Å². The Morgan fingerprint density at radius 1 is 1.19 bits per heavy atom. The quantitative estimate of drug-likeness (QED) is 0.707. The number of nitrogens with zero attached hydrogens (tertiary/aromatic N) is 1. The Morgan fingerprint density at radius 2 is 1.88 bits per heavy atom. The van der Waals surface area contributed by atoms with Gasteiger partial charge in [-0.25, -0.2) is 4.79 Å². The number of amides is 2. The second kappa shape index (κ2) is 7.22. The minimum atomic E-state index is -0.733. The molecule has 0 aromatic heterocycles. The first-order chi connectivity index (χ1) is 14.8. The smallest absolute Gasteiger partial charge is 0.410 e. The van der Waals surface area contributed by atoms with E-state index in [2.05, 4.69) is 5.32 Å². The van der Waals surface area contributed by atoms with E-state index in [1.165, 1.54) is 0 Å². The number of para-hydroxylation sites is 1. The lowest BCUT2D eigenvalue weighted by Crippen LogP contribution is -2.69. The average Bonchev–Trinajstić information content (AvgIpc) is 3.04. The van der Waals surface area contributed by atoms with Crippen LogP contribution >= 0.6 is 0 Å². The van der Waals surface area contributed by atoms with Gasteiger partial charge in [-0.2, -0.15) is 0 Å². The minimum Gasteiger partial charge on any atom is -0.465 e. The normalized spacial score (nSPS) is 28.9. The van der Waals surface area contributed by atoms with E-state index in [4.69, 9.17) is 9.47 Å². The van der Waals surface area contributed by atoms with Gasteiger partial charge in [0, 0.05) is 23.2 Å². The SMILES string of the molecule is CC(C)(C)OC(=O)N(CC[C@]12c3ccccc3NC(=O)[C@H]1C[C@]21CCOC1=O)C(C)(C)C. The molecule has 0 unspecified atom stereocenters. The topological polar surface area (TPSA) is 84.9 Å². The van der Waals surface area contributed by atoms with Crippen molar-refractivity contribution in [1.29, 1.82) is 0 Å². The molecule has 1 saturated heterocycles. The summed E-state index contributed by atoms with van der Waals surface area (Å²) in [5.74, 6) is -0.616. The Balaban J connectivity index is 1.75. The number of anilines is 1. The third-order valence-corrected chi connectivity index (χ3v) is 7.29. The van der Waals surface area contributed by atoms with E-state index in [0.29, 0.717) is 32.4 Å². The van der Waals surface area contributed by atoms with Gasteiger partial charge in [0.2, 0.25) is 5.91 Å². The predicted molar refractivity (Wildman–Crippen MR) is 120 cm³/mol. The molecule has 4 rings (SSSR count). The summed E-state index contributed by atoms with van der Waals surface area (Å²) in [7, 11) is 0. The van der Waals surface area contributed by atoms with E-state index in [1.807, 2.05) is 65.8 Å². The fraction of sp³-hybridized carbons (Fsp3) is 0.640. The van der Waals surface area contributed by atoms with Gasteiger partial charge in [-0.05, 0) is 72.4 Å². The highest BCUT2D eigenvalue weighted by molar-refractivity contribution is 6.02. The van der Waals surface area contributed by atoms with Crippen molar-refractivity contribution in [2.24, 2.45) is 11.3 Å². The largest absolute Gasteiger partial charge is 0.465 e. The van der Waals surface area contributed by atoms with Gasteiger partial charge >= 0.3 is 12.1 Å². The third kappa shape index (κ3) is 3.28. The zero-order valence-electron chi connectivity index (χ0n) is 19.9. The molecule has 1 aromatic carbocycles. The van der Waals surface area contributed by atoms with Crippen LogP contribution in [0.4, 0.5) is 10.5 Å². The van der Waals surface area contributed by atoms with Crippen molar-refractivity contribution < 1.29 is 23.9 Å². The summed E-state index contributed by atoms with van der Waals surface area (Å²) in [6.45, 7) is 12.2. The zero-order valence-corrected chi connectivity index (χ0v) is 19.9. The number of hydrogen-bond acceptors (Lipinski definition) is 5. The Hall–Kier alpha value is -2.57. The molecule has 3 aliphatic rings. The summed E-state index contributed by atoms with van der Waals surface area (Å²) in [5, 5.41) is 3.01. The van der Waals surface area contributed by atoms with Crippen molar-refractivity contribution in [1.82, 2.24) is 4.90 Å². The van der Waals surface area contributed by atoms with Gasteiger partial charge in [-0.3, -0.25) is 9.59 Å². The fourth-order valence-corrected chi connectivity index (χ4v) is 5.87. The van der Waals surface area contributed by atoms with E-state index >= 15 is 0 Å². The Labute approximate surface area is 189 Å². The van der Waals surface area contributed by atoms with Crippen LogP contribution in [0.3, 0.4) is 0 Å². The van der Waals surface area contributed by atoms with Gasteiger partial charge < -0.3 is 19.7 Å². The van der Waals surface area contributed by atoms with Crippen LogP contribution in [0.2, 0.25) is 0 Å². The van der Waals surface area contributed by atoms with Gasteiger partial charge in [0.05, 0.1) is 17.9 Å². The molecule has 1 N–H and O–H groups in total. The number of ether oxygens (including phenoxy) is 2.